The lowest BCUT2D eigenvalue weighted by molar-refractivity contribution is 0.429. The molecule has 0 atom stereocenters. The fourth-order valence-corrected chi connectivity index (χ4v) is 1.72. The van der Waals surface area contributed by atoms with Crippen LogP contribution in [0.15, 0.2) is 28.8 Å². The Hall–Kier alpha value is -1.84. The van der Waals surface area contributed by atoms with E-state index in [1.54, 1.807) is 0 Å². The molecule has 0 aliphatic carbocycles. The molecule has 1 heterocycles. The maximum Gasteiger partial charge on any atom is 0.321 e. The smallest absolute Gasteiger partial charge is 0.321 e. The van der Waals surface area contributed by atoms with E-state index in [1.165, 1.54) is 5.56 Å². The second kappa shape index (κ2) is 5.87. The average molecular weight is 259 g/mol. The minimum atomic E-state index is 0.483. The molecule has 2 rings (SSSR count). The van der Waals surface area contributed by atoms with E-state index < -0.39 is 0 Å². The maximum atomic E-state index is 5.17. The molecule has 1 aromatic heterocycles. The Kier molecular flexibility index (Phi) is 4.20. The Labute approximate surface area is 114 Å². The number of benzene rings is 1. The average Bonchev–Trinajstić information content (AvgIpc) is 2.85. The van der Waals surface area contributed by atoms with Crippen LogP contribution in [0.2, 0.25) is 0 Å². The number of nitrogens with one attached hydrogen (secondary N) is 1. The van der Waals surface area contributed by atoms with E-state index in [2.05, 4.69) is 55.3 Å². The highest BCUT2D eigenvalue weighted by Crippen LogP contribution is 2.21. The van der Waals surface area contributed by atoms with Gasteiger partial charge in [0, 0.05) is 12.1 Å². The quantitative estimate of drug-likeness (QED) is 0.884. The zero-order chi connectivity index (χ0) is 13.8. The Morgan fingerprint density at radius 3 is 2.37 bits per heavy atom. The van der Waals surface area contributed by atoms with Crippen molar-refractivity contribution in [2.75, 3.05) is 11.9 Å². The molecule has 0 saturated carbocycles. The minimum absolute atomic E-state index is 0.483. The molecule has 0 spiro atoms. The molecule has 102 valence electrons. The van der Waals surface area contributed by atoms with Crippen LogP contribution in [0.5, 0.6) is 0 Å². The summed E-state index contributed by atoms with van der Waals surface area (Å²) < 4.78 is 5.17. The Morgan fingerprint density at radius 1 is 1.11 bits per heavy atom. The number of aromatic nitrogens is 2. The van der Waals surface area contributed by atoms with E-state index in [9.17, 15) is 0 Å². The van der Waals surface area contributed by atoms with Crippen LogP contribution in [-0.4, -0.2) is 16.7 Å². The highest BCUT2D eigenvalue weighted by Gasteiger charge is 2.09. The van der Waals surface area contributed by atoms with Gasteiger partial charge in [0.15, 0.2) is 0 Å². The van der Waals surface area contributed by atoms with Gasteiger partial charge in [0.1, 0.15) is 0 Å². The molecular weight excluding hydrogens is 238 g/mol. The molecule has 2 aromatic rings. The second-order valence-electron chi connectivity index (χ2n) is 5.47. The molecule has 19 heavy (non-hydrogen) atoms. The van der Waals surface area contributed by atoms with Gasteiger partial charge in [-0.1, -0.05) is 57.1 Å². The third-order valence-electron chi connectivity index (χ3n) is 2.92. The predicted molar refractivity (Wildman–Crippen MR) is 77.2 cm³/mol. The summed E-state index contributed by atoms with van der Waals surface area (Å²) in [5, 5.41) is 7.11. The second-order valence-corrected chi connectivity index (χ2v) is 5.47. The summed E-state index contributed by atoms with van der Waals surface area (Å²) in [5.74, 6) is 1.70. The van der Waals surface area contributed by atoms with Crippen LogP contribution < -0.4 is 5.32 Å². The van der Waals surface area contributed by atoms with Crippen LogP contribution >= 0.6 is 0 Å². The van der Waals surface area contributed by atoms with E-state index >= 15 is 0 Å². The van der Waals surface area contributed by atoms with Crippen molar-refractivity contribution in [1.82, 2.24) is 10.1 Å². The number of rotatable bonds is 5. The molecule has 0 aliphatic heterocycles. The summed E-state index contributed by atoms with van der Waals surface area (Å²) in [6.07, 6.45) is 0. The SMILES string of the molecule is CC(C)CNc1nc(-c2ccc(C(C)C)cc2)no1. The molecule has 0 aliphatic rings. The first-order valence-corrected chi connectivity index (χ1v) is 6.74. The number of nitrogens with zero attached hydrogens (tertiary/aromatic N) is 2. The zero-order valence-electron chi connectivity index (χ0n) is 12.0. The minimum Gasteiger partial charge on any atom is -0.337 e. The molecular formula is C15H21N3O. The van der Waals surface area contributed by atoms with Gasteiger partial charge >= 0.3 is 6.01 Å². The number of hydrogen-bond donors (Lipinski definition) is 1. The molecule has 0 saturated heterocycles. The van der Waals surface area contributed by atoms with Crippen molar-refractivity contribution in [3.8, 4) is 11.4 Å². The van der Waals surface area contributed by atoms with Crippen LogP contribution in [0.3, 0.4) is 0 Å². The molecule has 1 aromatic carbocycles. The van der Waals surface area contributed by atoms with Crippen molar-refractivity contribution < 1.29 is 4.52 Å². The molecule has 0 unspecified atom stereocenters. The highest BCUT2D eigenvalue weighted by molar-refractivity contribution is 5.56. The van der Waals surface area contributed by atoms with E-state index in [1.807, 2.05) is 12.1 Å². The lowest BCUT2D eigenvalue weighted by Crippen LogP contribution is -2.07. The van der Waals surface area contributed by atoms with E-state index in [0.717, 1.165) is 12.1 Å². The van der Waals surface area contributed by atoms with Crippen molar-refractivity contribution in [1.29, 1.82) is 0 Å². The van der Waals surface area contributed by atoms with Gasteiger partial charge in [0.25, 0.3) is 0 Å². The van der Waals surface area contributed by atoms with Crippen LogP contribution in [0.1, 0.15) is 39.2 Å². The van der Waals surface area contributed by atoms with Crippen LogP contribution in [0.25, 0.3) is 11.4 Å². The molecule has 0 amide bonds. The fourth-order valence-electron chi connectivity index (χ4n) is 1.72. The summed E-state index contributed by atoms with van der Waals surface area (Å²) in [5.41, 5.74) is 2.29. The summed E-state index contributed by atoms with van der Waals surface area (Å²) in [6.45, 7) is 9.45. The van der Waals surface area contributed by atoms with Crippen molar-refractivity contribution in [3.05, 3.63) is 29.8 Å². The standard InChI is InChI=1S/C15H21N3O/c1-10(2)9-16-15-17-14(18-19-15)13-7-5-12(6-8-13)11(3)4/h5-8,10-11H,9H2,1-4H3,(H,16,17,18). The molecule has 0 radical (unpaired) electrons. The topological polar surface area (TPSA) is 51.0 Å². The van der Waals surface area contributed by atoms with Gasteiger partial charge in [-0.05, 0) is 17.4 Å². The van der Waals surface area contributed by atoms with Gasteiger partial charge in [-0.15, -0.1) is 0 Å². The van der Waals surface area contributed by atoms with Crippen molar-refractivity contribution >= 4 is 6.01 Å². The first kappa shape index (κ1) is 13.6. The molecule has 4 nitrogen and oxygen atoms in total. The number of hydrogen-bond acceptors (Lipinski definition) is 4. The molecule has 4 heteroatoms. The highest BCUT2D eigenvalue weighted by atomic mass is 16.5. The van der Waals surface area contributed by atoms with Gasteiger partial charge in [-0.3, -0.25) is 0 Å². The third-order valence-corrected chi connectivity index (χ3v) is 2.92. The fraction of sp³-hybridized carbons (Fsp3) is 0.467. The van der Waals surface area contributed by atoms with E-state index in [0.29, 0.717) is 23.7 Å². The lowest BCUT2D eigenvalue weighted by Gasteiger charge is -2.04. The van der Waals surface area contributed by atoms with Gasteiger partial charge < -0.3 is 9.84 Å². The predicted octanol–water partition coefficient (Wildman–Crippen LogP) is 3.93. The van der Waals surface area contributed by atoms with Crippen molar-refractivity contribution in [2.24, 2.45) is 5.92 Å². The normalized spacial score (nSPS) is 11.3. The van der Waals surface area contributed by atoms with Gasteiger partial charge in [-0.2, -0.15) is 4.98 Å². The van der Waals surface area contributed by atoms with E-state index in [4.69, 9.17) is 4.52 Å². The molecule has 1 N–H and O–H groups in total. The monoisotopic (exact) mass is 259 g/mol. The van der Waals surface area contributed by atoms with Crippen LogP contribution in [-0.2, 0) is 0 Å². The summed E-state index contributed by atoms with van der Waals surface area (Å²) >= 11 is 0. The summed E-state index contributed by atoms with van der Waals surface area (Å²) in [4.78, 5) is 4.34. The Morgan fingerprint density at radius 2 is 1.79 bits per heavy atom. The Bertz CT molecular complexity index is 514. The first-order valence-electron chi connectivity index (χ1n) is 6.74. The Balaban J connectivity index is 2.09. The summed E-state index contributed by atoms with van der Waals surface area (Å²) in [6, 6.07) is 8.77. The van der Waals surface area contributed by atoms with Crippen molar-refractivity contribution in [3.63, 3.8) is 0 Å². The first-order chi connectivity index (χ1) is 9.06. The maximum absolute atomic E-state index is 5.17. The zero-order valence-corrected chi connectivity index (χ0v) is 12.0. The van der Waals surface area contributed by atoms with Crippen LogP contribution in [0, 0.1) is 5.92 Å². The third kappa shape index (κ3) is 3.56. The van der Waals surface area contributed by atoms with Gasteiger partial charge in [0.2, 0.25) is 5.82 Å². The van der Waals surface area contributed by atoms with E-state index in [-0.39, 0.29) is 0 Å². The van der Waals surface area contributed by atoms with Crippen LogP contribution in [0.4, 0.5) is 6.01 Å². The van der Waals surface area contributed by atoms with Crippen molar-refractivity contribution in [2.45, 2.75) is 33.6 Å². The summed E-state index contributed by atoms with van der Waals surface area (Å²) in [7, 11) is 0. The lowest BCUT2D eigenvalue weighted by atomic mass is 10.0. The molecule has 0 fully saturated rings. The largest absolute Gasteiger partial charge is 0.337 e. The van der Waals surface area contributed by atoms with Gasteiger partial charge in [0.05, 0.1) is 0 Å². The molecule has 0 bridgehead atoms. The van der Waals surface area contributed by atoms with Gasteiger partial charge in [-0.25, -0.2) is 0 Å². The number of anilines is 1.